The summed E-state index contributed by atoms with van der Waals surface area (Å²) in [5, 5.41) is 9.13. The molecule has 0 aromatic rings. The fourth-order valence-electron chi connectivity index (χ4n) is 2.97. The van der Waals surface area contributed by atoms with Crippen LogP contribution in [0.15, 0.2) is 0 Å². The van der Waals surface area contributed by atoms with Gasteiger partial charge >= 0.3 is 5.97 Å². The Bertz CT molecular complexity index is 363. The number of rotatable bonds is 2. The zero-order valence-corrected chi connectivity index (χ0v) is 10.8. The quantitative estimate of drug-likeness (QED) is 0.841. The molecule has 19 heavy (non-hydrogen) atoms. The van der Waals surface area contributed by atoms with Gasteiger partial charge in [-0.05, 0) is 32.1 Å². The summed E-state index contributed by atoms with van der Waals surface area (Å²) in [7, 11) is 0. The third-order valence-electron chi connectivity index (χ3n) is 4.14. The first-order chi connectivity index (χ1) is 8.91. The van der Waals surface area contributed by atoms with Gasteiger partial charge in [0.25, 0.3) is 0 Å². The fraction of sp³-hybridized carbons (Fsp3) is 0.846. The van der Waals surface area contributed by atoms with Gasteiger partial charge in [-0.25, -0.2) is 13.6 Å². The number of nitrogens with zero attached hydrogens (tertiary/aromatic N) is 1. The maximum absolute atomic E-state index is 13.1. The molecule has 4 nitrogen and oxygen atoms in total. The summed E-state index contributed by atoms with van der Waals surface area (Å²) in [6.07, 6.45) is 1.83. The predicted octanol–water partition coefficient (Wildman–Crippen LogP) is 2.28. The van der Waals surface area contributed by atoms with Crippen molar-refractivity contribution in [2.45, 2.75) is 56.9 Å². The maximum Gasteiger partial charge on any atom is 0.326 e. The fourth-order valence-corrected chi connectivity index (χ4v) is 2.97. The lowest BCUT2D eigenvalue weighted by Crippen LogP contribution is -2.50. The maximum atomic E-state index is 13.1. The number of alkyl halides is 2. The van der Waals surface area contributed by atoms with Crippen molar-refractivity contribution in [2.75, 3.05) is 6.54 Å². The number of halogens is 2. The molecule has 0 aromatic carbocycles. The minimum atomic E-state index is -2.66. The number of carbonyl (C=O) groups is 2. The van der Waals surface area contributed by atoms with Crippen molar-refractivity contribution in [1.82, 2.24) is 4.90 Å². The second-order valence-electron chi connectivity index (χ2n) is 5.51. The summed E-state index contributed by atoms with van der Waals surface area (Å²) in [5.74, 6) is -4.33. The number of likely N-dealkylation sites (tertiary alicyclic amines) is 1. The summed E-state index contributed by atoms with van der Waals surface area (Å²) in [6.45, 7) is 0.433. The molecule has 0 radical (unpaired) electrons. The van der Waals surface area contributed by atoms with Crippen molar-refractivity contribution in [1.29, 1.82) is 0 Å². The van der Waals surface area contributed by atoms with Crippen molar-refractivity contribution in [3.8, 4) is 0 Å². The van der Waals surface area contributed by atoms with Crippen molar-refractivity contribution in [3.63, 3.8) is 0 Å². The van der Waals surface area contributed by atoms with Crippen LogP contribution in [-0.2, 0) is 9.59 Å². The van der Waals surface area contributed by atoms with Crippen LogP contribution in [0.3, 0.4) is 0 Å². The monoisotopic (exact) mass is 275 g/mol. The molecule has 1 saturated heterocycles. The Morgan fingerprint density at radius 1 is 1.11 bits per heavy atom. The molecular weight excluding hydrogens is 256 g/mol. The van der Waals surface area contributed by atoms with E-state index in [9.17, 15) is 18.4 Å². The topological polar surface area (TPSA) is 57.6 Å². The van der Waals surface area contributed by atoms with Crippen molar-refractivity contribution >= 4 is 11.9 Å². The lowest BCUT2D eigenvalue weighted by Gasteiger charge is -2.37. The predicted molar refractivity (Wildman–Crippen MR) is 63.9 cm³/mol. The molecule has 0 bridgehead atoms. The summed E-state index contributed by atoms with van der Waals surface area (Å²) in [4.78, 5) is 24.8. The zero-order valence-electron chi connectivity index (χ0n) is 10.8. The Morgan fingerprint density at radius 2 is 1.74 bits per heavy atom. The van der Waals surface area contributed by atoms with Crippen molar-refractivity contribution < 1.29 is 23.5 Å². The molecule has 1 heterocycles. The van der Waals surface area contributed by atoms with Crippen LogP contribution in [0.25, 0.3) is 0 Å². The van der Waals surface area contributed by atoms with Crippen LogP contribution < -0.4 is 0 Å². The minimum Gasteiger partial charge on any atom is -0.480 e. The number of piperidine rings is 1. The third-order valence-corrected chi connectivity index (χ3v) is 4.14. The average molecular weight is 275 g/mol. The highest BCUT2D eigenvalue weighted by Crippen LogP contribution is 2.37. The van der Waals surface area contributed by atoms with E-state index in [2.05, 4.69) is 0 Å². The SMILES string of the molecule is O=C(O)[C@@H]1CCCCN1C(=O)C1CCC(F)(F)CC1. The number of carboxylic acids is 1. The zero-order chi connectivity index (χ0) is 14.0. The van der Waals surface area contributed by atoms with Gasteiger partial charge < -0.3 is 10.0 Å². The Kier molecular flexibility index (Phi) is 4.06. The van der Waals surface area contributed by atoms with Gasteiger partial charge in [-0.1, -0.05) is 0 Å². The average Bonchev–Trinajstić information content (AvgIpc) is 2.38. The molecule has 1 atom stereocenters. The summed E-state index contributed by atoms with van der Waals surface area (Å²) >= 11 is 0. The summed E-state index contributed by atoms with van der Waals surface area (Å²) < 4.78 is 26.1. The van der Waals surface area contributed by atoms with E-state index in [1.54, 1.807) is 0 Å². The molecule has 108 valence electrons. The Hall–Kier alpha value is -1.20. The highest BCUT2D eigenvalue weighted by Gasteiger charge is 2.41. The molecule has 1 aliphatic carbocycles. The van der Waals surface area contributed by atoms with Crippen LogP contribution in [0.5, 0.6) is 0 Å². The number of hydrogen-bond donors (Lipinski definition) is 1. The molecular formula is C13H19F2NO3. The molecule has 0 unspecified atom stereocenters. The van der Waals surface area contributed by atoms with Crippen LogP contribution in [0, 0.1) is 5.92 Å². The summed E-state index contributed by atoms with van der Waals surface area (Å²) in [6, 6.07) is -0.774. The van der Waals surface area contributed by atoms with E-state index in [0.29, 0.717) is 13.0 Å². The van der Waals surface area contributed by atoms with Gasteiger partial charge in [0.15, 0.2) is 0 Å². The highest BCUT2D eigenvalue weighted by atomic mass is 19.3. The van der Waals surface area contributed by atoms with Gasteiger partial charge in [0.05, 0.1) is 0 Å². The van der Waals surface area contributed by atoms with Crippen LogP contribution in [-0.4, -0.2) is 40.4 Å². The van der Waals surface area contributed by atoms with Crippen LogP contribution in [0.4, 0.5) is 8.78 Å². The number of hydrogen-bond acceptors (Lipinski definition) is 2. The van der Waals surface area contributed by atoms with Crippen molar-refractivity contribution in [2.24, 2.45) is 5.92 Å². The van der Waals surface area contributed by atoms with Crippen LogP contribution in [0.2, 0.25) is 0 Å². The van der Waals surface area contributed by atoms with E-state index in [4.69, 9.17) is 5.11 Å². The molecule has 1 saturated carbocycles. The van der Waals surface area contributed by atoms with Crippen LogP contribution in [0.1, 0.15) is 44.9 Å². The van der Waals surface area contributed by atoms with E-state index >= 15 is 0 Å². The first kappa shape index (κ1) is 14.2. The molecule has 1 N–H and O–H groups in total. The Balaban J connectivity index is 2.00. The molecule has 0 spiro atoms. The van der Waals surface area contributed by atoms with E-state index in [-0.39, 0.29) is 31.6 Å². The molecule has 0 aromatic heterocycles. The van der Waals surface area contributed by atoms with Gasteiger partial charge in [0.2, 0.25) is 11.8 Å². The lowest BCUT2D eigenvalue weighted by molar-refractivity contribution is -0.155. The van der Waals surface area contributed by atoms with E-state index in [1.165, 1.54) is 4.90 Å². The number of carbonyl (C=O) groups excluding carboxylic acids is 1. The standard InChI is InChI=1S/C13H19F2NO3/c14-13(15)6-4-9(5-7-13)11(17)16-8-2-1-3-10(16)12(18)19/h9-10H,1-8H2,(H,18,19)/t10-/m0/s1. The molecule has 6 heteroatoms. The van der Waals surface area contributed by atoms with E-state index < -0.39 is 23.9 Å². The normalized spacial score (nSPS) is 28.1. The second kappa shape index (κ2) is 5.43. The first-order valence-corrected chi connectivity index (χ1v) is 6.82. The Labute approximate surface area is 110 Å². The second-order valence-corrected chi connectivity index (χ2v) is 5.51. The van der Waals surface area contributed by atoms with Gasteiger partial charge in [0.1, 0.15) is 6.04 Å². The van der Waals surface area contributed by atoms with Gasteiger partial charge in [-0.15, -0.1) is 0 Å². The van der Waals surface area contributed by atoms with Gasteiger partial charge in [-0.2, -0.15) is 0 Å². The summed E-state index contributed by atoms with van der Waals surface area (Å²) in [5.41, 5.74) is 0. The van der Waals surface area contributed by atoms with Crippen LogP contribution >= 0.6 is 0 Å². The molecule has 1 aliphatic heterocycles. The largest absolute Gasteiger partial charge is 0.480 e. The third kappa shape index (κ3) is 3.22. The highest BCUT2D eigenvalue weighted by molar-refractivity contribution is 5.85. The number of carboxylic acid groups (broad SMARTS) is 1. The minimum absolute atomic E-state index is 0.161. The smallest absolute Gasteiger partial charge is 0.326 e. The number of amides is 1. The van der Waals surface area contributed by atoms with Gasteiger partial charge in [-0.3, -0.25) is 4.79 Å². The lowest BCUT2D eigenvalue weighted by atomic mass is 9.85. The molecule has 2 rings (SSSR count). The molecule has 1 amide bonds. The van der Waals surface area contributed by atoms with Crippen molar-refractivity contribution in [3.05, 3.63) is 0 Å². The van der Waals surface area contributed by atoms with E-state index in [0.717, 1.165) is 12.8 Å². The Morgan fingerprint density at radius 3 is 2.32 bits per heavy atom. The number of aliphatic carboxylic acids is 1. The first-order valence-electron chi connectivity index (χ1n) is 6.82. The molecule has 2 aliphatic rings. The molecule has 2 fully saturated rings. The van der Waals surface area contributed by atoms with Gasteiger partial charge in [0, 0.05) is 25.3 Å². The van der Waals surface area contributed by atoms with E-state index in [1.807, 2.05) is 0 Å².